The van der Waals surface area contributed by atoms with E-state index >= 15 is 0 Å². The maximum atomic E-state index is 11.7. The topological polar surface area (TPSA) is 61.4 Å². The van der Waals surface area contributed by atoms with Gasteiger partial charge in [0.15, 0.2) is 0 Å². The van der Waals surface area contributed by atoms with Crippen LogP contribution in [0.5, 0.6) is 0 Å². The lowest BCUT2D eigenvalue weighted by Crippen LogP contribution is -2.44. The van der Waals surface area contributed by atoms with Crippen LogP contribution in [-0.4, -0.2) is 60.8 Å². The molecule has 1 aromatic rings. The maximum Gasteiger partial charge on any atom is 0.282 e. The largest absolute Gasteiger partial charge is 0.350 e. The monoisotopic (exact) mass is 269 g/mol. The third-order valence-electron chi connectivity index (χ3n) is 2.92. The van der Waals surface area contributed by atoms with E-state index in [9.17, 15) is 4.79 Å². The van der Waals surface area contributed by atoms with Crippen LogP contribution in [0.4, 0.5) is 5.13 Å². The number of likely N-dealkylation sites (N-methyl/N-ethyl adjacent to an activating group) is 1. The molecule has 0 aliphatic carbocycles. The Morgan fingerprint density at radius 2 is 2.06 bits per heavy atom. The summed E-state index contributed by atoms with van der Waals surface area (Å²) in [7, 11) is 2.11. The third kappa shape index (κ3) is 3.17. The molecule has 1 fully saturated rings. The molecular weight excluding hydrogens is 250 g/mol. The van der Waals surface area contributed by atoms with Gasteiger partial charge in [0.05, 0.1) is 0 Å². The van der Waals surface area contributed by atoms with Crippen molar-refractivity contribution < 1.29 is 4.79 Å². The van der Waals surface area contributed by atoms with Crippen LogP contribution in [0.15, 0.2) is 0 Å². The fourth-order valence-electron chi connectivity index (χ4n) is 1.75. The van der Waals surface area contributed by atoms with Gasteiger partial charge in [-0.25, -0.2) is 0 Å². The fourth-order valence-corrected chi connectivity index (χ4v) is 2.56. The number of hydrogen-bond acceptors (Lipinski definition) is 6. The van der Waals surface area contributed by atoms with Crippen LogP contribution in [0.3, 0.4) is 0 Å². The molecule has 2 heterocycles. The predicted molar refractivity (Wildman–Crippen MR) is 72.2 cm³/mol. The van der Waals surface area contributed by atoms with Crippen molar-refractivity contribution in [3.8, 4) is 0 Å². The summed E-state index contributed by atoms with van der Waals surface area (Å²) in [6, 6.07) is 0. The summed E-state index contributed by atoms with van der Waals surface area (Å²) < 4.78 is 0. The number of nitrogens with one attached hydrogen (secondary N) is 1. The van der Waals surface area contributed by atoms with Crippen molar-refractivity contribution in [3.63, 3.8) is 0 Å². The molecule has 6 nitrogen and oxygen atoms in total. The van der Waals surface area contributed by atoms with Crippen molar-refractivity contribution in [1.29, 1.82) is 0 Å². The lowest BCUT2D eigenvalue weighted by molar-refractivity contribution is 0.0952. The van der Waals surface area contributed by atoms with Crippen molar-refractivity contribution in [2.24, 2.45) is 0 Å². The molecule has 1 amide bonds. The molecule has 0 unspecified atom stereocenters. The van der Waals surface area contributed by atoms with Crippen molar-refractivity contribution in [3.05, 3.63) is 5.01 Å². The Kier molecular flexibility index (Phi) is 4.48. The molecular formula is C11H19N5OS. The van der Waals surface area contributed by atoms with E-state index < -0.39 is 0 Å². The van der Waals surface area contributed by atoms with Gasteiger partial charge >= 0.3 is 0 Å². The van der Waals surface area contributed by atoms with Gasteiger partial charge in [-0.1, -0.05) is 18.3 Å². The third-order valence-corrected chi connectivity index (χ3v) is 3.90. The molecule has 0 bridgehead atoms. The first-order valence-corrected chi connectivity index (χ1v) is 7.07. The number of carbonyl (C=O) groups excluding carboxylic acids is 1. The zero-order valence-corrected chi connectivity index (χ0v) is 11.7. The van der Waals surface area contributed by atoms with Crippen molar-refractivity contribution in [2.45, 2.75) is 13.3 Å². The van der Waals surface area contributed by atoms with Crippen molar-refractivity contribution >= 4 is 22.4 Å². The van der Waals surface area contributed by atoms with Gasteiger partial charge in [0.1, 0.15) is 0 Å². The lowest BCUT2D eigenvalue weighted by atomic mass is 10.3. The Bertz CT molecular complexity index is 400. The Morgan fingerprint density at radius 3 is 2.72 bits per heavy atom. The van der Waals surface area contributed by atoms with Crippen molar-refractivity contribution in [1.82, 2.24) is 20.4 Å². The second kappa shape index (κ2) is 6.10. The molecule has 0 saturated carbocycles. The molecule has 0 spiro atoms. The molecule has 7 heteroatoms. The van der Waals surface area contributed by atoms with E-state index in [-0.39, 0.29) is 5.91 Å². The number of piperazine rings is 1. The first-order chi connectivity index (χ1) is 8.70. The average molecular weight is 269 g/mol. The van der Waals surface area contributed by atoms with E-state index in [1.807, 2.05) is 6.92 Å². The van der Waals surface area contributed by atoms with Crippen LogP contribution in [0.2, 0.25) is 0 Å². The Labute approximate surface area is 111 Å². The zero-order valence-electron chi connectivity index (χ0n) is 10.8. The molecule has 1 saturated heterocycles. The molecule has 18 heavy (non-hydrogen) atoms. The van der Waals surface area contributed by atoms with Crippen LogP contribution in [-0.2, 0) is 0 Å². The van der Waals surface area contributed by atoms with Crippen molar-refractivity contribution in [2.75, 3.05) is 44.7 Å². The summed E-state index contributed by atoms with van der Waals surface area (Å²) in [4.78, 5) is 16.2. The van der Waals surface area contributed by atoms with E-state index in [1.165, 1.54) is 11.3 Å². The van der Waals surface area contributed by atoms with E-state index in [1.54, 1.807) is 0 Å². The maximum absolute atomic E-state index is 11.7. The van der Waals surface area contributed by atoms with Gasteiger partial charge in [0, 0.05) is 32.7 Å². The quantitative estimate of drug-likeness (QED) is 0.859. The second-order valence-corrected chi connectivity index (χ2v) is 5.39. The standard InChI is InChI=1S/C11H19N5OS/c1-3-4-12-9(17)10-13-14-11(18-10)16-7-5-15(2)6-8-16/h3-8H2,1-2H3,(H,12,17). The smallest absolute Gasteiger partial charge is 0.282 e. The lowest BCUT2D eigenvalue weighted by Gasteiger charge is -2.31. The van der Waals surface area contributed by atoms with Gasteiger partial charge in [-0.2, -0.15) is 0 Å². The first-order valence-electron chi connectivity index (χ1n) is 6.26. The summed E-state index contributed by atoms with van der Waals surface area (Å²) in [5.74, 6) is -0.116. The highest BCUT2D eigenvalue weighted by molar-refractivity contribution is 7.17. The second-order valence-electron chi connectivity index (χ2n) is 4.44. The number of anilines is 1. The fraction of sp³-hybridized carbons (Fsp3) is 0.727. The summed E-state index contributed by atoms with van der Waals surface area (Å²) in [5.41, 5.74) is 0. The van der Waals surface area contributed by atoms with E-state index in [0.717, 1.165) is 37.7 Å². The van der Waals surface area contributed by atoms with E-state index in [2.05, 4.69) is 32.4 Å². The van der Waals surface area contributed by atoms with E-state index in [0.29, 0.717) is 11.6 Å². The van der Waals surface area contributed by atoms with Gasteiger partial charge in [0.2, 0.25) is 10.1 Å². The van der Waals surface area contributed by atoms with Gasteiger partial charge < -0.3 is 15.1 Å². The number of rotatable bonds is 4. The normalized spacial score (nSPS) is 16.9. The number of amides is 1. The molecule has 2 rings (SSSR count). The molecule has 1 aromatic heterocycles. The number of aromatic nitrogens is 2. The first kappa shape index (κ1) is 13.2. The highest BCUT2D eigenvalue weighted by Crippen LogP contribution is 2.21. The Morgan fingerprint density at radius 1 is 1.33 bits per heavy atom. The van der Waals surface area contributed by atoms with Crippen LogP contribution < -0.4 is 10.2 Å². The predicted octanol–water partition coefficient (Wildman–Crippen LogP) is 0.430. The zero-order chi connectivity index (χ0) is 13.0. The highest BCUT2D eigenvalue weighted by atomic mass is 32.1. The van der Waals surface area contributed by atoms with Crippen LogP contribution >= 0.6 is 11.3 Å². The molecule has 1 aliphatic rings. The van der Waals surface area contributed by atoms with Crippen LogP contribution in [0, 0.1) is 0 Å². The minimum Gasteiger partial charge on any atom is -0.350 e. The summed E-state index contributed by atoms with van der Waals surface area (Å²) in [6.45, 7) is 6.65. The van der Waals surface area contributed by atoms with Crippen LogP contribution in [0.25, 0.3) is 0 Å². The number of carbonyl (C=O) groups is 1. The number of hydrogen-bond donors (Lipinski definition) is 1. The minimum absolute atomic E-state index is 0.116. The molecule has 0 atom stereocenters. The molecule has 1 N–H and O–H groups in total. The summed E-state index contributed by atoms with van der Waals surface area (Å²) in [5, 5.41) is 12.2. The minimum atomic E-state index is -0.116. The van der Waals surface area contributed by atoms with Crippen LogP contribution in [0.1, 0.15) is 23.1 Å². The molecule has 0 radical (unpaired) electrons. The molecule has 0 aromatic carbocycles. The SMILES string of the molecule is CCCNC(=O)c1nnc(N2CCN(C)CC2)s1. The van der Waals surface area contributed by atoms with E-state index in [4.69, 9.17) is 0 Å². The Hall–Kier alpha value is -1.21. The average Bonchev–Trinajstić information content (AvgIpc) is 2.86. The van der Waals surface area contributed by atoms with Gasteiger partial charge in [-0.15, -0.1) is 10.2 Å². The Balaban J connectivity index is 1.95. The molecule has 1 aliphatic heterocycles. The van der Waals surface area contributed by atoms with Gasteiger partial charge in [-0.3, -0.25) is 4.79 Å². The van der Waals surface area contributed by atoms with Gasteiger partial charge in [-0.05, 0) is 13.5 Å². The highest BCUT2D eigenvalue weighted by Gasteiger charge is 2.19. The molecule has 100 valence electrons. The number of nitrogens with zero attached hydrogens (tertiary/aromatic N) is 4. The summed E-state index contributed by atoms with van der Waals surface area (Å²) in [6.07, 6.45) is 0.926. The van der Waals surface area contributed by atoms with Gasteiger partial charge in [0.25, 0.3) is 5.91 Å². The summed E-state index contributed by atoms with van der Waals surface area (Å²) >= 11 is 1.37.